The third-order valence-electron chi connectivity index (χ3n) is 11.6. The van der Waals surface area contributed by atoms with Gasteiger partial charge in [0.15, 0.2) is 5.69 Å². The van der Waals surface area contributed by atoms with Gasteiger partial charge in [-0.3, -0.25) is 10.2 Å². The largest absolute Gasteiger partial charge is 0.338 e. The Labute approximate surface area is 241 Å². The summed E-state index contributed by atoms with van der Waals surface area (Å²) in [6.45, 7) is 11.8. The van der Waals surface area contributed by atoms with Crippen LogP contribution in [0.3, 0.4) is 0 Å². The highest BCUT2D eigenvalue weighted by Gasteiger charge is 2.61. The Kier molecular flexibility index (Phi) is 7.11. The monoisotopic (exact) mass is 547 g/mol. The summed E-state index contributed by atoms with van der Waals surface area (Å²) in [5.74, 6) is 1.68. The van der Waals surface area contributed by atoms with Gasteiger partial charge in [-0.2, -0.15) is 5.43 Å². The van der Waals surface area contributed by atoms with Gasteiger partial charge in [-0.1, -0.05) is 37.6 Å². The molecule has 7 heteroatoms. The molecule has 1 aromatic carbocycles. The lowest BCUT2D eigenvalue weighted by Crippen LogP contribution is -2.65. The molecule has 218 valence electrons. The lowest BCUT2D eigenvalue weighted by Gasteiger charge is -2.48. The van der Waals surface area contributed by atoms with Crippen LogP contribution in [0.1, 0.15) is 83.1 Å². The number of unbranched alkanes of at least 4 members (excludes halogenated alkanes) is 1. The number of hydrogen-bond acceptors (Lipinski definition) is 5. The minimum atomic E-state index is 0.0472. The van der Waals surface area contributed by atoms with Crippen LogP contribution in [0, 0.1) is 11.8 Å². The highest BCUT2D eigenvalue weighted by Crippen LogP contribution is 2.48. The van der Waals surface area contributed by atoms with E-state index in [0.717, 1.165) is 62.2 Å². The molecule has 2 saturated carbocycles. The van der Waals surface area contributed by atoms with E-state index in [1.165, 1.54) is 42.5 Å². The fourth-order valence-electron chi connectivity index (χ4n) is 9.38. The van der Waals surface area contributed by atoms with Crippen LogP contribution >= 0.6 is 0 Å². The van der Waals surface area contributed by atoms with Crippen molar-refractivity contribution in [3.63, 3.8) is 0 Å². The van der Waals surface area contributed by atoms with Crippen LogP contribution in [0.4, 0.5) is 5.69 Å². The van der Waals surface area contributed by atoms with E-state index in [-0.39, 0.29) is 12.0 Å². The SMILES string of the molecule is C=C1CCC2N[N+](CCCC)(c3ccc(C4CC4)cc3)C3CCN(C(=O)C4CNC5C(C)NN(C)C5C4)C(C1)C23. The van der Waals surface area contributed by atoms with Gasteiger partial charge in [-0.25, -0.2) is 9.60 Å². The predicted octanol–water partition coefficient (Wildman–Crippen LogP) is 4.07. The first-order chi connectivity index (χ1) is 19.4. The Morgan fingerprint density at radius 2 is 1.93 bits per heavy atom. The second-order valence-electron chi connectivity index (χ2n) is 14.0. The normalized spacial score (nSPS) is 41.5. The number of likely N-dealkylation sites (tertiary alicyclic amines) is 1. The highest BCUT2D eigenvalue weighted by molar-refractivity contribution is 5.80. The van der Waals surface area contributed by atoms with Crippen molar-refractivity contribution in [1.29, 1.82) is 0 Å². The van der Waals surface area contributed by atoms with Crippen molar-refractivity contribution < 1.29 is 4.79 Å². The summed E-state index contributed by atoms with van der Waals surface area (Å²) in [5.41, 5.74) is 12.1. The van der Waals surface area contributed by atoms with Gasteiger partial charge >= 0.3 is 0 Å². The molecule has 6 fully saturated rings. The summed E-state index contributed by atoms with van der Waals surface area (Å²) in [6, 6.07) is 12.1. The Morgan fingerprint density at radius 1 is 1.12 bits per heavy atom. The standard InChI is InChI=1S/C33H51N6O/c1-5-6-17-39(26-12-10-24(11-13-26)23-8-9-23)30-15-16-38(28-18-21(2)7-14-27(36-39)31(28)30)33(40)25-19-29-32(34-20-25)22(3)35-37(29)4/h10-13,22-23,25,27-32,34-36H,2,5-9,14-20H2,1,3-4H3/q+1. The maximum Gasteiger partial charge on any atom is 0.227 e. The smallest absolute Gasteiger partial charge is 0.227 e. The van der Waals surface area contributed by atoms with Gasteiger partial charge in [0.1, 0.15) is 12.6 Å². The Morgan fingerprint density at radius 3 is 2.67 bits per heavy atom. The van der Waals surface area contributed by atoms with Gasteiger partial charge < -0.3 is 10.2 Å². The second-order valence-corrected chi connectivity index (χ2v) is 14.0. The fraction of sp³-hybridized carbons (Fsp3) is 0.727. The lowest BCUT2D eigenvalue weighted by atomic mass is 9.78. The van der Waals surface area contributed by atoms with Crippen molar-refractivity contribution in [2.75, 3.05) is 26.7 Å². The Hall–Kier alpha value is -1.77. The molecule has 4 aliphatic heterocycles. The molecule has 9 unspecified atom stereocenters. The summed E-state index contributed by atoms with van der Waals surface area (Å²) >= 11 is 0. The molecule has 0 radical (unpaired) electrons. The number of rotatable bonds is 6. The number of carbonyl (C=O) groups is 1. The molecule has 4 saturated heterocycles. The number of hydrazine groups is 1. The first-order valence-electron chi connectivity index (χ1n) is 16.3. The Balaban J connectivity index is 1.17. The molecular formula is C33H51N6O+. The number of nitrogens with one attached hydrogen (secondary N) is 3. The van der Waals surface area contributed by atoms with Gasteiger partial charge in [0.2, 0.25) is 5.91 Å². The zero-order valence-electron chi connectivity index (χ0n) is 24.9. The quantitative estimate of drug-likeness (QED) is 0.370. The van der Waals surface area contributed by atoms with E-state index in [2.05, 4.69) is 77.8 Å². The van der Waals surface area contributed by atoms with Crippen LogP contribution in [0.25, 0.3) is 0 Å². The zero-order chi connectivity index (χ0) is 27.6. The van der Waals surface area contributed by atoms with Crippen molar-refractivity contribution in [1.82, 2.24) is 30.7 Å². The summed E-state index contributed by atoms with van der Waals surface area (Å²) in [7, 11) is 2.14. The van der Waals surface area contributed by atoms with Gasteiger partial charge in [-0.15, -0.1) is 0 Å². The number of nitrogens with zero attached hydrogens (tertiary/aromatic N) is 3. The summed E-state index contributed by atoms with van der Waals surface area (Å²) in [4.78, 5) is 16.7. The maximum atomic E-state index is 14.3. The molecule has 3 N–H and O–H groups in total. The molecule has 7 rings (SSSR count). The molecule has 0 spiro atoms. The first kappa shape index (κ1) is 27.1. The topological polar surface area (TPSA) is 59.6 Å². The minimum Gasteiger partial charge on any atom is -0.338 e. The number of hydrogen-bond donors (Lipinski definition) is 3. The molecule has 40 heavy (non-hydrogen) atoms. The van der Waals surface area contributed by atoms with Crippen LogP contribution in [0.2, 0.25) is 0 Å². The van der Waals surface area contributed by atoms with Crippen LogP contribution in [0.15, 0.2) is 36.4 Å². The highest BCUT2D eigenvalue weighted by atomic mass is 16.2. The van der Waals surface area contributed by atoms with Crippen LogP contribution in [0.5, 0.6) is 0 Å². The molecule has 2 aliphatic carbocycles. The average molecular weight is 548 g/mol. The molecule has 1 amide bonds. The average Bonchev–Trinajstić information content (AvgIpc) is 3.73. The van der Waals surface area contributed by atoms with E-state index >= 15 is 0 Å². The summed E-state index contributed by atoms with van der Waals surface area (Å²) in [6.07, 6.45) is 10.3. The molecular weight excluding hydrogens is 496 g/mol. The van der Waals surface area contributed by atoms with Crippen LogP contribution in [-0.4, -0.2) is 78.7 Å². The molecule has 0 bridgehead atoms. The van der Waals surface area contributed by atoms with Gasteiger partial charge in [0.25, 0.3) is 0 Å². The van der Waals surface area contributed by atoms with Gasteiger partial charge in [0, 0.05) is 62.9 Å². The number of carbonyl (C=O) groups excluding carboxylic acids is 1. The lowest BCUT2D eigenvalue weighted by molar-refractivity contribution is -0.143. The first-order valence-corrected chi connectivity index (χ1v) is 16.3. The van der Waals surface area contributed by atoms with E-state index < -0.39 is 0 Å². The predicted molar refractivity (Wildman–Crippen MR) is 161 cm³/mol. The molecule has 9 atom stereocenters. The fourth-order valence-corrected chi connectivity index (χ4v) is 9.38. The van der Waals surface area contributed by atoms with Crippen LogP contribution in [-0.2, 0) is 4.79 Å². The molecule has 6 aliphatic rings. The molecule has 1 aromatic rings. The molecule has 4 heterocycles. The zero-order valence-corrected chi connectivity index (χ0v) is 24.9. The number of piperidine rings is 2. The van der Waals surface area contributed by atoms with Crippen molar-refractivity contribution in [3.8, 4) is 0 Å². The summed E-state index contributed by atoms with van der Waals surface area (Å²) in [5, 5.41) is 5.99. The van der Waals surface area contributed by atoms with Crippen molar-refractivity contribution in [3.05, 3.63) is 42.0 Å². The Bertz CT molecular complexity index is 1120. The number of fused-ring (bicyclic) bond motifs is 1. The maximum absolute atomic E-state index is 14.3. The van der Waals surface area contributed by atoms with Crippen molar-refractivity contribution >= 4 is 11.6 Å². The number of quaternary nitrogens is 1. The third kappa shape index (κ3) is 4.48. The van der Waals surface area contributed by atoms with Crippen molar-refractivity contribution in [2.24, 2.45) is 11.8 Å². The number of amides is 1. The van der Waals surface area contributed by atoms with E-state index in [1.807, 2.05) is 0 Å². The van der Waals surface area contributed by atoms with Gasteiger partial charge in [0.05, 0.1) is 17.9 Å². The minimum absolute atomic E-state index is 0.0472. The molecule has 7 nitrogen and oxygen atoms in total. The third-order valence-corrected chi connectivity index (χ3v) is 11.6. The second kappa shape index (κ2) is 10.5. The van der Waals surface area contributed by atoms with E-state index in [0.29, 0.717) is 42.0 Å². The molecule has 0 aromatic heterocycles. The van der Waals surface area contributed by atoms with Gasteiger partial charge in [-0.05, 0) is 63.4 Å². The van der Waals surface area contributed by atoms with E-state index in [4.69, 9.17) is 0 Å². The van der Waals surface area contributed by atoms with Crippen LogP contribution < -0.4 is 20.8 Å². The number of likely N-dealkylation sites (N-methyl/N-ethyl adjacent to an activating group) is 1. The number of benzene rings is 1. The van der Waals surface area contributed by atoms with E-state index in [1.54, 1.807) is 0 Å². The van der Waals surface area contributed by atoms with Crippen molar-refractivity contribution in [2.45, 2.75) is 114 Å². The van der Waals surface area contributed by atoms with E-state index in [9.17, 15) is 4.79 Å². The summed E-state index contributed by atoms with van der Waals surface area (Å²) < 4.78 is 0.905.